The van der Waals surface area contributed by atoms with Crippen LogP contribution in [0.25, 0.3) is 0 Å². The molecule has 4 N–H and O–H groups in total. The molecule has 4 rings (SSSR count). The normalized spacial score (nSPS) is 16.2. The molecule has 7 heteroatoms. The molecule has 0 spiro atoms. The minimum atomic E-state index is -0.222. The number of nitrogen functional groups attached to an aromatic ring is 1. The number of anilines is 2. The molecule has 2 heterocycles. The molecule has 1 aliphatic rings. The number of benzene rings is 2. The summed E-state index contributed by atoms with van der Waals surface area (Å²) in [6.07, 6.45) is 3.46. The molecular weight excluding hydrogens is 366 g/mol. The van der Waals surface area contributed by atoms with Crippen LogP contribution < -0.4 is 21.1 Å². The zero-order chi connectivity index (χ0) is 20.1. The Morgan fingerprint density at radius 2 is 1.83 bits per heavy atom. The summed E-state index contributed by atoms with van der Waals surface area (Å²) in [7, 11) is 0. The lowest BCUT2D eigenvalue weighted by molar-refractivity contribution is 0.103. The summed E-state index contributed by atoms with van der Waals surface area (Å²) < 4.78 is 5.79. The zero-order valence-corrected chi connectivity index (χ0v) is 16.0. The van der Waals surface area contributed by atoms with Crippen molar-refractivity contribution < 1.29 is 9.53 Å². The number of nitrogens with zero attached hydrogens (tertiary/aromatic N) is 2. The molecule has 1 aromatic heterocycles. The van der Waals surface area contributed by atoms with Gasteiger partial charge in [-0.25, -0.2) is 9.97 Å². The van der Waals surface area contributed by atoms with Crippen molar-refractivity contribution >= 4 is 17.4 Å². The van der Waals surface area contributed by atoms with Gasteiger partial charge in [-0.05, 0) is 55.8 Å². The van der Waals surface area contributed by atoms with E-state index in [1.807, 2.05) is 30.3 Å². The molecule has 0 unspecified atom stereocenters. The van der Waals surface area contributed by atoms with Gasteiger partial charge in [0.2, 0.25) is 0 Å². The number of hydrogen-bond acceptors (Lipinski definition) is 7. The fourth-order valence-corrected chi connectivity index (χ4v) is 3.34. The number of ether oxygens (including phenoxy) is 1. The van der Waals surface area contributed by atoms with E-state index in [1.165, 1.54) is 6.33 Å². The fraction of sp³-hybridized carbons (Fsp3) is 0.227. The molecule has 1 fully saturated rings. The SMILES string of the molecule is Nc1ncnc(N[C@@H]2CCCNC2)c1C(=O)c1ccc(Oc2ccccc2)cc1. The van der Waals surface area contributed by atoms with Crippen LogP contribution in [0.15, 0.2) is 60.9 Å². The van der Waals surface area contributed by atoms with Gasteiger partial charge in [-0.1, -0.05) is 18.2 Å². The van der Waals surface area contributed by atoms with Gasteiger partial charge < -0.3 is 21.1 Å². The van der Waals surface area contributed by atoms with Crippen molar-refractivity contribution in [2.75, 3.05) is 24.1 Å². The molecule has 0 saturated carbocycles. The molecule has 2 aromatic carbocycles. The van der Waals surface area contributed by atoms with E-state index in [0.717, 1.165) is 31.7 Å². The van der Waals surface area contributed by atoms with Gasteiger partial charge in [0, 0.05) is 18.2 Å². The van der Waals surface area contributed by atoms with Crippen LogP contribution in [0.5, 0.6) is 11.5 Å². The van der Waals surface area contributed by atoms with Crippen LogP contribution in [0.3, 0.4) is 0 Å². The minimum Gasteiger partial charge on any atom is -0.457 e. The summed E-state index contributed by atoms with van der Waals surface area (Å²) in [5.41, 5.74) is 6.84. The summed E-state index contributed by atoms with van der Waals surface area (Å²) >= 11 is 0. The van der Waals surface area contributed by atoms with Crippen LogP contribution in [-0.2, 0) is 0 Å². The van der Waals surface area contributed by atoms with Crippen LogP contribution in [0.2, 0.25) is 0 Å². The van der Waals surface area contributed by atoms with E-state index in [1.54, 1.807) is 24.3 Å². The van der Waals surface area contributed by atoms with Crippen LogP contribution in [0, 0.1) is 0 Å². The number of piperidine rings is 1. The monoisotopic (exact) mass is 389 g/mol. The molecular formula is C22H23N5O2. The largest absolute Gasteiger partial charge is 0.457 e. The average molecular weight is 389 g/mol. The Bertz CT molecular complexity index is 970. The van der Waals surface area contributed by atoms with E-state index in [-0.39, 0.29) is 17.6 Å². The van der Waals surface area contributed by atoms with Crippen molar-refractivity contribution in [1.29, 1.82) is 0 Å². The van der Waals surface area contributed by atoms with Crippen molar-refractivity contribution in [3.05, 3.63) is 72.1 Å². The molecule has 1 atom stereocenters. The van der Waals surface area contributed by atoms with Gasteiger partial charge in [-0.2, -0.15) is 0 Å². The van der Waals surface area contributed by atoms with Gasteiger partial charge in [0.05, 0.1) is 0 Å². The van der Waals surface area contributed by atoms with E-state index in [2.05, 4.69) is 20.6 Å². The van der Waals surface area contributed by atoms with Gasteiger partial charge in [0.25, 0.3) is 0 Å². The summed E-state index contributed by atoms with van der Waals surface area (Å²) in [5, 5.41) is 6.69. The predicted molar refractivity (Wildman–Crippen MR) is 112 cm³/mol. The van der Waals surface area contributed by atoms with Gasteiger partial charge in [-0.3, -0.25) is 4.79 Å². The number of carbonyl (C=O) groups is 1. The first-order valence-electron chi connectivity index (χ1n) is 9.66. The van der Waals surface area contributed by atoms with Crippen molar-refractivity contribution in [2.24, 2.45) is 0 Å². The number of nitrogens with two attached hydrogens (primary N) is 1. The van der Waals surface area contributed by atoms with Crippen molar-refractivity contribution in [3.8, 4) is 11.5 Å². The zero-order valence-electron chi connectivity index (χ0n) is 16.0. The summed E-state index contributed by atoms with van der Waals surface area (Å²) in [6.45, 7) is 1.83. The summed E-state index contributed by atoms with van der Waals surface area (Å²) in [5.74, 6) is 1.80. The Hall–Kier alpha value is -3.45. The van der Waals surface area contributed by atoms with Crippen molar-refractivity contribution in [3.63, 3.8) is 0 Å². The molecule has 3 aromatic rings. The Labute approximate surface area is 169 Å². The molecule has 0 aliphatic carbocycles. The summed E-state index contributed by atoms with van der Waals surface area (Å²) in [6, 6.07) is 16.7. The van der Waals surface area contributed by atoms with Gasteiger partial charge in [-0.15, -0.1) is 0 Å². The standard InChI is InChI=1S/C22H23N5O2/c23-21-19(22(26-14-25-21)27-16-5-4-12-24-13-16)20(28)15-8-10-18(11-9-15)29-17-6-2-1-3-7-17/h1-3,6-11,14,16,24H,4-5,12-13H2,(H3,23,25,26,27)/t16-/m1/s1. The van der Waals surface area contributed by atoms with E-state index in [9.17, 15) is 4.79 Å². The lowest BCUT2D eigenvalue weighted by Crippen LogP contribution is -2.39. The predicted octanol–water partition coefficient (Wildman–Crippen LogP) is 3.25. The highest BCUT2D eigenvalue weighted by atomic mass is 16.5. The van der Waals surface area contributed by atoms with Gasteiger partial charge in [0.1, 0.15) is 35.0 Å². The second kappa shape index (κ2) is 8.70. The Balaban J connectivity index is 1.54. The molecule has 0 bridgehead atoms. The first-order valence-corrected chi connectivity index (χ1v) is 9.66. The van der Waals surface area contributed by atoms with Crippen molar-refractivity contribution in [2.45, 2.75) is 18.9 Å². The molecule has 29 heavy (non-hydrogen) atoms. The van der Waals surface area contributed by atoms with E-state index in [0.29, 0.717) is 22.7 Å². The van der Waals surface area contributed by atoms with Gasteiger partial charge >= 0.3 is 0 Å². The number of ketones is 1. The quantitative estimate of drug-likeness (QED) is 0.556. The Kier molecular flexibility index (Phi) is 5.67. The van der Waals surface area contributed by atoms with E-state index in [4.69, 9.17) is 10.5 Å². The first-order chi connectivity index (χ1) is 14.2. The van der Waals surface area contributed by atoms with Crippen molar-refractivity contribution in [1.82, 2.24) is 15.3 Å². The van der Waals surface area contributed by atoms with Crippen LogP contribution in [-0.4, -0.2) is 34.9 Å². The average Bonchev–Trinajstić information content (AvgIpc) is 2.75. The smallest absolute Gasteiger partial charge is 0.200 e. The number of carbonyl (C=O) groups excluding carboxylic acids is 1. The minimum absolute atomic E-state index is 0.167. The van der Waals surface area contributed by atoms with E-state index < -0.39 is 0 Å². The molecule has 7 nitrogen and oxygen atoms in total. The third-order valence-electron chi connectivity index (χ3n) is 4.84. The number of rotatable bonds is 6. The van der Waals surface area contributed by atoms with Gasteiger partial charge in [0.15, 0.2) is 5.78 Å². The number of aromatic nitrogens is 2. The number of nitrogens with one attached hydrogen (secondary N) is 2. The molecule has 0 radical (unpaired) electrons. The number of hydrogen-bond donors (Lipinski definition) is 3. The van der Waals surface area contributed by atoms with Crippen LogP contribution in [0.1, 0.15) is 28.8 Å². The molecule has 148 valence electrons. The lowest BCUT2D eigenvalue weighted by atomic mass is 10.0. The highest BCUT2D eigenvalue weighted by molar-refractivity contribution is 6.14. The highest BCUT2D eigenvalue weighted by Crippen LogP contribution is 2.26. The van der Waals surface area contributed by atoms with Crippen LogP contribution in [0.4, 0.5) is 11.6 Å². The highest BCUT2D eigenvalue weighted by Gasteiger charge is 2.22. The maximum absolute atomic E-state index is 13.1. The Morgan fingerprint density at radius 1 is 1.07 bits per heavy atom. The first kappa shape index (κ1) is 18.9. The topological polar surface area (TPSA) is 102 Å². The lowest BCUT2D eigenvalue weighted by Gasteiger charge is -2.25. The third-order valence-corrected chi connectivity index (χ3v) is 4.84. The molecule has 0 amide bonds. The van der Waals surface area contributed by atoms with Crippen LogP contribution >= 0.6 is 0 Å². The maximum atomic E-state index is 13.1. The second-order valence-electron chi connectivity index (χ2n) is 6.94. The third kappa shape index (κ3) is 4.52. The summed E-state index contributed by atoms with van der Waals surface area (Å²) in [4.78, 5) is 21.4. The molecule has 1 aliphatic heterocycles. The Morgan fingerprint density at radius 3 is 2.55 bits per heavy atom. The fourth-order valence-electron chi connectivity index (χ4n) is 3.34. The second-order valence-corrected chi connectivity index (χ2v) is 6.94. The number of para-hydroxylation sites is 1. The molecule has 1 saturated heterocycles. The maximum Gasteiger partial charge on any atom is 0.200 e. The van der Waals surface area contributed by atoms with E-state index >= 15 is 0 Å².